The van der Waals surface area contributed by atoms with Crippen molar-refractivity contribution in [3.05, 3.63) is 48.5 Å². The molecule has 0 aliphatic rings. The molecule has 0 unspecified atom stereocenters. The molecule has 1 heterocycles. The van der Waals surface area contributed by atoms with Gasteiger partial charge < -0.3 is 10.8 Å². The number of aliphatic hydroxyl groups is 1. The Hall–Kier alpha value is -2.33. The Morgan fingerprint density at radius 1 is 1.05 bits per heavy atom. The van der Waals surface area contributed by atoms with Gasteiger partial charge in [-0.25, -0.2) is 4.68 Å². The molecular weight excluding hydrogens is 238 g/mol. The third kappa shape index (κ3) is 2.18. The van der Waals surface area contributed by atoms with Crippen molar-refractivity contribution in [1.29, 1.82) is 0 Å². The van der Waals surface area contributed by atoms with E-state index < -0.39 is 0 Å². The fourth-order valence-electron chi connectivity index (χ4n) is 2.19. The van der Waals surface area contributed by atoms with E-state index in [1.165, 1.54) is 10.8 Å². The molecule has 0 fully saturated rings. The van der Waals surface area contributed by atoms with Crippen LogP contribution in [-0.2, 0) is 6.54 Å². The zero-order valence-electron chi connectivity index (χ0n) is 10.5. The van der Waals surface area contributed by atoms with Crippen LogP contribution >= 0.6 is 0 Å². The minimum Gasteiger partial charge on any atom is -0.394 e. The third-order valence-corrected chi connectivity index (χ3v) is 3.17. The number of nitrogens with two attached hydrogens (primary N) is 1. The second kappa shape index (κ2) is 4.74. The number of hydrogen-bond donors (Lipinski definition) is 2. The number of aliphatic hydroxyl groups excluding tert-OH is 1. The molecule has 0 aliphatic carbocycles. The van der Waals surface area contributed by atoms with Crippen molar-refractivity contribution >= 4 is 16.6 Å². The zero-order valence-corrected chi connectivity index (χ0v) is 10.5. The van der Waals surface area contributed by atoms with E-state index in [4.69, 9.17) is 10.8 Å². The molecule has 0 radical (unpaired) electrons. The van der Waals surface area contributed by atoms with Gasteiger partial charge in [0.15, 0.2) is 0 Å². The highest BCUT2D eigenvalue weighted by Crippen LogP contribution is 2.24. The number of nitrogens with zero attached hydrogens (tertiary/aromatic N) is 2. The van der Waals surface area contributed by atoms with Gasteiger partial charge in [-0.3, -0.25) is 0 Å². The Morgan fingerprint density at radius 3 is 2.63 bits per heavy atom. The molecule has 2 aromatic carbocycles. The normalized spacial score (nSPS) is 11.0. The first-order valence-electron chi connectivity index (χ1n) is 6.21. The van der Waals surface area contributed by atoms with Gasteiger partial charge in [0.25, 0.3) is 0 Å². The summed E-state index contributed by atoms with van der Waals surface area (Å²) in [6, 6.07) is 16.2. The number of rotatable bonds is 3. The third-order valence-electron chi connectivity index (χ3n) is 3.17. The Morgan fingerprint density at radius 2 is 1.84 bits per heavy atom. The molecule has 0 saturated heterocycles. The molecule has 3 rings (SSSR count). The summed E-state index contributed by atoms with van der Waals surface area (Å²) in [4.78, 5) is 0. The second-order valence-electron chi connectivity index (χ2n) is 4.46. The monoisotopic (exact) mass is 253 g/mol. The van der Waals surface area contributed by atoms with Gasteiger partial charge in [0.2, 0.25) is 0 Å². The molecule has 4 heteroatoms. The summed E-state index contributed by atoms with van der Waals surface area (Å²) >= 11 is 0. The van der Waals surface area contributed by atoms with E-state index in [1.54, 1.807) is 4.68 Å². The average Bonchev–Trinajstić information content (AvgIpc) is 2.80. The van der Waals surface area contributed by atoms with Gasteiger partial charge in [0.1, 0.15) is 5.82 Å². The Labute approximate surface area is 111 Å². The molecule has 0 bridgehead atoms. The van der Waals surface area contributed by atoms with Crippen molar-refractivity contribution in [2.75, 3.05) is 12.3 Å². The highest BCUT2D eigenvalue weighted by atomic mass is 16.3. The van der Waals surface area contributed by atoms with Crippen molar-refractivity contribution in [3.63, 3.8) is 0 Å². The van der Waals surface area contributed by atoms with E-state index in [0.29, 0.717) is 12.4 Å². The lowest BCUT2D eigenvalue weighted by atomic mass is 10.1. The maximum Gasteiger partial charge on any atom is 0.122 e. The molecular formula is C15H15N3O. The largest absolute Gasteiger partial charge is 0.394 e. The molecule has 19 heavy (non-hydrogen) atoms. The highest BCUT2D eigenvalue weighted by molar-refractivity contribution is 5.86. The summed E-state index contributed by atoms with van der Waals surface area (Å²) in [6.07, 6.45) is 0. The highest BCUT2D eigenvalue weighted by Gasteiger charge is 2.07. The van der Waals surface area contributed by atoms with Crippen molar-refractivity contribution < 1.29 is 5.11 Å². The van der Waals surface area contributed by atoms with Gasteiger partial charge in [-0.1, -0.05) is 36.4 Å². The Bertz CT molecular complexity index is 718. The second-order valence-corrected chi connectivity index (χ2v) is 4.46. The molecule has 96 valence electrons. The van der Waals surface area contributed by atoms with Gasteiger partial charge in [0.05, 0.1) is 18.8 Å². The van der Waals surface area contributed by atoms with E-state index in [2.05, 4.69) is 29.4 Å². The Balaban J connectivity index is 2.06. The maximum absolute atomic E-state index is 8.95. The molecule has 0 saturated carbocycles. The fraction of sp³-hybridized carbons (Fsp3) is 0.133. The van der Waals surface area contributed by atoms with E-state index in [-0.39, 0.29) is 6.61 Å². The quantitative estimate of drug-likeness (QED) is 0.752. The first-order chi connectivity index (χ1) is 9.28. The van der Waals surface area contributed by atoms with Crippen LogP contribution in [0.5, 0.6) is 0 Å². The number of anilines is 1. The topological polar surface area (TPSA) is 64.1 Å². The summed E-state index contributed by atoms with van der Waals surface area (Å²) in [5, 5.41) is 15.7. The minimum atomic E-state index is 0.0308. The first-order valence-corrected chi connectivity index (χ1v) is 6.21. The van der Waals surface area contributed by atoms with Crippen LogP contribution in [-0.4, -0.2) is 21.5 Å². The molecule has 3 N–H and O–H groups in total. The van der Waals surface area contributed by atoms with E-state index in [0.717, 1.165) is 11.3 Å². The SMILES string of the molecule is Nc1cc(-c2ccc3ccccc3c2)nn1CCO. The molecule has 3 aromatic rings. The number of benzene rings is 2. The van der Waals surface area contributed by atoms with Crippen LogP contribution in [0, 0.1) is 0 Å². The summed E-state index contributed by atoms with van der Waals surface area (Å²) in [5.74, 6) is 0.567. The lowest BCUT2D eigenvalue weighted by Gasteiger charge is -2.01. The van der Waals surface area contributed by atoms with Gasteiger partial charge in [0, 0.05) is 11.6 Å². The van der Waals surface area contributed by atoms with Crippen LogP contribution in [0.2, 0.25) is 0 Å². The van der Waals surface area contributed by atoms with Crippen molar-refractivity contribution in [3.8, 4) is 11.3 Å². The zero-order chi connectivity index (χ0) is 13.2. The van der Waals surface area contributed by atoms with Crippen molar-refractivity contribution in [2.45, 2.75) is 6.54 Å². The number of hydrogen-bond acceptors (Lipinski definition) is 3. The molecule has 0 amide bonds. The average molecular weight is 253 g/mol. The van der Waals surface area contributed by atoms with Crippen LogP contribution in [0.1, 0.15) is 0 Å². The van der Waals surface area contributed by atoms with Crippen molar-refractivity contribution in [1.82, 2.24) is 9.78 Å². The predicted molar refractivity (Wildman–Crippen MR) is 76.7 cm³/mol. The van der Waals surface area contributed by atoms with Gasteiger partial charge in [-0.05, 0) is 16.8 Å². The lowest BCUT2D eigenvalue weighted by Crippen LogP contribution is -2.07. The summed E-state index contributed by atoms with van der Waals surface area (Å²) in [6.45, 7) is 0.447. The van der Waals surface area contributed by atoms with E-state index in [1.807, 2.05) is 24.3 Å². The molecule has 1 aromatic heterocycles. The molecule has 0 atom stereocenters. The van der Waals surface area contributed by atoms with Crippen molar-refractivity contribution in [2.24, 2.45) is 0 Å². The van der Waals surface area contributed by atoms with Crippen LogP contribution in [0.4, 0.5) is 5.82 Å². The first kappa shape index (κ1) is 11.7. The number of aromatic nitrogens is 2. The van der Waals surface area contributed by atoms with Gasteiger partial charge >= 0.3 is 0 Å². The smallest absolute Gasteiger partial charge is 0.122 e. The van der Waals surface area contributed by atoms with Crippen LogP contribution in [0.3, 0.4) is 0 Å². The van der Waals surface area contributed by atoms with Crippen LogP contribution < -0.4 is 5.73 Å². The minimum absolute atomic E-state index is 0.0308. The van der Waals surface area contributed by atoms with Crippen LogP contribution in [0.25, 0.3) is 22.0 Å². The summed E-state index contributed by atoms with van der Waals surface area (Å²) in [5.41, 5.74) is 7.73. The number of nitrogen functional groups attached to an aromatic ring is 1. The lowest BCUT2D eigenvalue weighted by molar-refractivity contribution is 0.270. The maximum atomic E-state index is 8.95. The molecule has 0 spiro atoms. The number of fused-ring (bicyclic) bond motifs is 1. The Kier molecular flexibility index (Phi) is 2.93. The molecule has 0 aliphatic heterocycles. The summed E-state index contributed by atoms with van der Waals surface area (Å²) < 4.78 is 1.62. The molecule has 4 nitrogen and oxygen atoms in total. The predicted octanol–water partition coefficient (Wildman–Crippen LogP) is 2.28. The van der Waals surface area contributed by atoms with Gasteiger partial charge in [-0.2, -0.15) is 5.10 Å². The van der Waals surface area contributed by atoms with Gasteiger partial charge in [-0.15, -0.1) is 0 Å². The van der Waals surface area contributed by atoms with E-state index in [9.17, 15) is 0 Å². The van der Waals surface area contributed by atoms with Crippen LogP contribution in [0.15, 0.2) is 48.5 Å². The standard InChI is InChI=1S/C15H15N3O/c16-15-10-14(17-18(15)7-8-19)13-6-5-11-3-1-2-4-12(11)9-13/h1-6,9-10,19H,7-8,16H2. The fourth-order valence-corrected chi connectivity index (χ4v) is 2.19. The van der Waals surface area contributed by atoms with E-state index >= 15 is 0 Å². The summed E-state index contributed by atoms with van der Waals surface area (Å²) in [7, 11) is 0.